The Morgan fingerprint density at radius 1 is 1.08 bits per heavy atom. The first-order chi connectivity index (χ1) is 11.4. The Labute approximate surface area is 139 Å². The Morgan fingerprint density at radius 2 is 1.75 bits per heavy atom. The van der Waals surface area contributed by atoms with E-state index >= 15 is 0 Å². The van der Waals surface area contributed by atoms with E-state index in [0.29, 0.717) is 11.3 Å². The van der Waals surface area contributed by atoms with Crippen molar-refractivity contribution in [3.63, 3.8) is 0 Å². The summed E-state index contributed by atoms with van der Waals surface area (Å²) in [5.74, 6) is -1.26. The number of aryl methyl sites for hydroxylation is 2. The number of hydrogen-bond donors (Lipinski definition) is 2. The van der Waals surface area contributed by atoms with Gasteiger partial charge in [0.25, 0.3) is 5.91 Å². The van der Waals surface area contributed by atoms with E-state index in [1.165, 1.54) is 19.2 Å². The second-order valence-electron chi connectivity index (χ2n) is 5.46. The van der Waals surface area contributed by atoms with E-state index in [9.17, 15) is 14.0 Å². The molecular weight excluding hydrogens is 311 g/mol. The van der Waals surface area contributed by atoms with Gasteiger partial charge in [0.05, 0.1) is 13.7 Å². The molecule has 0 saturated heterocycles. The zero-order valence-electron chi connectivity index (χ0n) is 13.8. The van der Waals surface area contributed by atoms with Crippen molar-refractivity contribution in [2.24, 2.45) is 0 Å². The molecule has 0 bridgehead atoms. The Bertz CT molecular complexity index is 755. The van der Waals surface area contributed by atoms with Gasteiger partial charge in [-0.1, -0.05) is 17.2 Å². The second kappa shape index (κ2) is 7.59. The van der Waals surface area contributed by atoms with Gasteiger partial charge in [0.2, 0.25) is 5.91 Å². The molecule has 2 amide bonds. The van der Waals surface area contributed by atoms with E-state index in [-0.39, 0.29) is 18.2 Å². The molecule has 0 saturated carbocycles. The molecule has 0 aliphatic carbocycles. The summed E-state index contributed by atoms with van der Waals surface area (Å²) in [5, 5.41) is 5.06. The summed E-state index contributed by atoms with van der Waals surface area (Å²) in [6.07, 6.45) is 0. The van der Waals surface area contributed by atoms with Crippen LogP contribution in [0.2, 0.25) is 0 Å². The summed E-state index contributed by atoms with van der Waals surface area (Å²) in [7, 11) is 1.36. The molecule has 0 radical (unpaired) electrons. The molecule has 0 aromatic heterocycles. The maximum Gasteiger partial charge on any atom is 0.251 e. The summed E-state index contributed by atoms with van der Waals surface area (Å²) in [6, 6.07) is 9.55. The number of benzene rings is 2. The first-order valence-corrected chi connectivity index (χ1v) is 7.39. The van der Waals surface area contributed by atoms with E-state index < -0.39 is 11.7 Å². The minimum Gasteiger partial charge on any atom is -0.494 e. The maximum absolute atomic E-state index is 13.6. The number of halogens is 1. The van der Waals surface area contributed by atoms with Gasteiger partial charge in [-0.05, 0) is 38.1 Å². The molecule has 0 atom stereocenters. The highest BCUT2D eigenvalue weighted by atomic mass is 19.1. The highest BCUT2D eigenvalue weighted by Gasteiger charge is 2.10. The van der Waals surface area contributed by atoms with Crippen molar-refractivity contribution in [3.05, 3.63) is 58.9 Å². The van der Waals surface area contributed by atoms with Gasteiger partial charge >= 0.3 is 0 Å². The summed E-state index contributed by atoms with van der Waals surface area (Å²) in [4.78, 5) is 23.9. The lowest BCUT2D eigenvalue weighted by atomic mass is 10.1. The number of ether oxygens (including phenoxy) is 1. The van der Waals surface area contributed by atoms with E-state index in [2.05, 4.69) is 10.6 Å². The molecule has 2 aromatic carbocycles. The van der Waals surface area contributed by atoms with Gasteiger partial charge in [-0.15, -0.1) is 0 Å². The van der Waals surface area contributed by atoms with Crippen LogP contribution in [0.15, 0.2) is 36.4 Å². The summed E-state index contributed by atoms with van der Waals surface area (Å²) in [5.41, 5.74) is 2.73. The fraction of sp³-hybridized carbons (Fsp3) is 0.222. The zero-order chi connectivity index (χ0) is 17.7. The lowest BCUT2D eigenvalue weighted by Gasteiger charge is -2.09. The molecule has 0 spiro atoms. The zero-order valence-corrected chi connectivity index (χ0v) is 13.8. The predicted molar refractivity (Wildman–Crippen MR) is 89.8 cm³/mol. The molecule has 126 valence electrons. The van der Waals surface area contributed by atoms with Crippen LogP contribution in [0, 0.1) is 19.7 Å². The highest BCUT2D eigenvalue weighted by molar-refractivity contribution is 5.99. The molecular formula is C18H19FN2O3. The second-order valence-corrected chi connectivity index (χ2v) is 5.46. The molecule has 24 heavy (non-hydrogen) atoms. The van der Waals surface area contributed by atoms with E-state index in [0.717, 1.165) is 17.2 Å². The van der Waals surface area contributed by atoms with Gasteiger partial charge in [0.15, 0.2) is 11.6 Å². The molecule has 0 aliphatic heterocycles. The van der Waals surface area contributed by atoms with Gasteiger partial charge in [0, 0.05) is 17.3 Å². The molecule has 6 heteroatoms. The Hall–Kier alpha value is -2.89. The van der Waals surface area contributed by atoms with Crippen molar-refractivity contribution in [2.75, 3.05) is 19.0 Å². The SMILES string of the molecule is COc1ccc(NC(=O)CNC(=O)c2cc(C)cc(C)c2)cc1F. The van der Waals surface area contributed by atoms with Gasteiger partial charge in [0.1, 0.15) is 0 Å². The average molecular weight is 330 g/mol. The van der Waals surface area contributed by atoms with Crippen LogP contribution in [-0.4, -0.2) is 25.5 Å². The largest absolute Gasteiger partial charge is 0.494 e. The van der Waals surface area contributed by atoms with Gasteiger partial charge in [-0.3, -0.25) is 9.59 Å². The van der Waals surface area contributed by atoms with Crippen LogP contribution in [0.3, 0.4) is 0 Å². The standard InChI is InChI=1S/C18H19FN2O3/c1-11-6-12(2)8-13(7-11)18(23)20-10-17(22)21-14-4-5-16(24-3)15(19)9-14/h4-9H,10H2,1-3H3,(H,20,23)(H,21,22). The number of carbonyl (C=O) groups excluding carboxylic acids is 2. The lowest BCUT2D eigenvalue weighted by Crippen LogP contribution is -2.32. The number of amides is 2. The first-order valence-electron chi connectivity index (χ1n) is 7.39. The van der Waals surface area contributed by atoms with Crippen LogP contribution in [0.4, 0.5) is 10.1 Å². The number of methoxy groups -OCH3 is 1. The van der Waals surface area contributed by atoms with Crippen LogP contribution >= 0.6 is 0 Å². The molecule has 0 unspecified atom stereocenters. The number of hydrogen-bond acceptors (Lipinski definition) is 3. The van der Waals surface area contributed by atoms with Crippen LogP contribution < -0.4 is 15.4 Å². The summed E-state index contributed by atoms with van der Waals surface area (Å²) in [6.45, 7) is 3.59. The minimum absolute atomic E-state index is 0.0936. The third kappa shape index (κ3) is 4.55. The lowest BCUT2D eigenvalue weighted by molar-refractivity contribution is -0.115. The Balaban J connectivity index is 1.93. The molecule has 2 aromatic rings. The van der Waals surface area contributed by atoms with Crippen LogP contribution in [0.1, 0.15) is 21.5 Å². The van der Waals surface area contributed by atoms with Gasteiger partial charge in [-0.25, -0.2) is 4.39 Å². The van der Waals surface area contributed by atoms with Crippen molar-refractivity contribution in [1.82, 2.24) is 5.32 Å². The number of carbonyl (C=O) groups is 2. The smallest absolute Gasteiger partial charge is 0.251 e. The minimum atomic E-state index is -0.574. The molecule has 5 nitrogen and oxygen atoms in total. The Kier molecular flexibility index (Phi) is 5.52. The maximum atomic E-state index is 13.6. The molecule has 0 aliphatic rings. The number of nitrogens with one attached hydrogen (secondary N) is 2. The Morgan fingerprint density at radius 3 is 2.33 bits per heavy atom. The summed E-state index contributed by atoms with van der Waals surface area (Å²) < 4.78 is 18.4. The third-order valence-electron chi connectivity index (χ3n) is 3.33. The van der Waals surface area contributed by atoms with E-state index in [1.54, 1.807) is 12.1 Å². The van der Waals surface area contributed by atoms with Gasteiger partial charge in [-0.2, -0.15) is 0 Å². The fourth-order valence-electron chi connectivity index (χ4n) is 2.32. The number of rotatable bonds is 5. The quantitative estimate of drug-likeness (QED) is 0.886. The highest BCUT2D eigenvalue weighted by Crippen LogP contribution is 2.20. The van der Waals surface area contributed by atoms with Crippen LogP contribution in [0.5, 0.6) is 5.75 Å². The first kappa shape index (κ1) is 17.5. The average Bonchev–Trinajstić information content (AvgIpc) is 2.52. The molecule has 0 heterocycles. The van der Waals surface area contributed by atoms with Crippen LogP contribution in [0.25, 0.3) is 0 Å². The van der Waals surface area contributed by atoms with Crippen molar-refractivity contribution < 1.29 is 18.7 Å². The van der Waals surface area contributed by atoms with Crippen molar-refractivity contribution in [2.45, 2.75) is 13.8 Å². The monoisotopic (exact) mass is 330 g/mol. The van der Waals surface area contributed by atoms with Crippen molar-refractivity contribution in [3.8, 4) is 5.75 Å². The van der Waals surface area contributed by atoms with E-state index in [4.69, 9.17) is 4.74 Å². The topological polar surface area (TPSA) is 67.4 Å². The third-order valence-corrected chi connectivity index (χ3v) is 3.33. The van der Waals surface area contributed by atoms with Gasteiger partial charge < -0.3 is 15.4 Å². The van der Waals surface area contributed by atoms with Crippen molar-refractivity contribution in [1.29, 1.82) is 0 Å². The normalized spacial score (nSPS) is 10.2. The summed E-state index contributed by atoms with van der Waals surface area (Å²) >= 11 is 0. The fourth-order valence-corrected chi connectivity index (χ4v) is 2.32. The van der Waals surface area contributed by atoms with Crippen molar-refractivity contribution >= 4 is 17.5 Å². The molecule has 0 fully saturated rings. The molecule has 2 N–H and O–H groups in total. The predicted octanol–water partition coefficient (Wildman–Crippen LogP) is 2.82. The van der Waals surface area contributed by atoms with Crippen LogP contribution in [-0.2, 0) is 4.79 Å². The molecule has 2 rings (SSSR count). The van der Waals surface area contributed by atoms with E-state index in [1.807, 2.05) is 19.9 Å². The number of anilines is 1.